The molecule has 0 bridgehead atoms. The largest absolute Gasteiger partial charge is 0.360 e. The molecule has 0 amide bonds. The van der Waals surface area contributed by atoms with Crippen LogP contribution in [-0.2, 0) is 16.6 Å². The van der Waals surface area contributed by atoms with Crippen LogP contribution >= 0.6 is 11.3 Å². The highest BCUT2D eigenvalue weighted by Crippen LogP contribution is 2.39. The molecule has 5 nitrogen and oxygen atoms in total. The molecule has 2 aromatic carbocycles. The van der Waals surface area contributed by atoms with Crippen LogP contribution in [0.2, 0.25) is 0 Å². The number of anilines is 2. The van der Waals surface area contributed by atoms with Gasteiger partial charge in [-0.1, -0.05) is 12.1 Å². The average molecular weight is 432 g/mol. The summed E-state index contributed by atoms with van der Waals surface area (Å²) in [5.41, 5.74) is 1.14. The number of carbonyl (C=O) groups excluding carboxylic acids is 1. The quantitative estimate of drug-likeness (QED) is 0.616. The lowest BCUT2D eigenvalue weighted by molar-refractivity contribution is 0.104. The van der Waals surface area contributed by atoms with Crippen molar-refractivity contribution in [2.24, 2.45) is 0 Å². The maximum atomic E-state index is 13.6. The van der Waals surface area contributed by atoms with Gasteiger partial charge in [-0.3, -0.25) is 9.10 Å². The van der Waals surface area contributed by atoms with Gasteiger partial charge in [-0.05, 0) is 53.4 Å². The molecule has 0 saturated carbocycles. The maximum absolute atomic E-state index is 13.6. The summed E-state index contributed by atoms with van der Waals surface area (Å²) in [6.07, 6.45) is 1.10. The van der Waals surface area contributed by atoms with Crippen molar-refractivity contribution < 1.29 is 22.0 Å². The Morgan fingerprint density at radius 1 is 1.03 bits per heavy atom. The summed E-state index contributed by atoms with van der Waals surface area (Å²) in [7, 11) is -4.19. The molecular formula is C20H14F2N2O3S2. The van der Waals surface area contributed by atoms with E-state index in [1.165, 1.54) is 42.5 Å². The normalized spacial score (nSPS) is 16.7. The van der Waals surface area contributed by atoms with Gasteiger partial charge >= 0.3 is 0 Å². The van der Waals surface area contributed by atoms with Gasteiger partial charge in [0.05, 0.1) is 12.2 Å². The Morgan fingerprint density at radius 2 is 1.79 bits per heavy atom. The second-order valence-electron chi connectivity index (χ2n) is 6.27. The predicted octanol–water partition coefficient (Wildman–Crippen LogP) is 4.51. The number of fused-ring (bicyclic) bond motifs is 1. The number of nitrogens with one attached hydrogen (secondary N) is 1. The molecule has 0 fully saturated rings. The van der Waals surface area contributed by atoms with Gasteiger partial charge in [0, 0.05) is 11.9 Å². The second-order valence-corrected chi connectivity index (χ2v) is 9.01. The standard InChI is InChI=1S/C20H14F2N2O3S2/c21-14-4-6-16(7-5-14)23-11-18-19(25)20-17(8-9-28-20)24(29(18,26)27)12-13-2-1-3-15(22)10-13/h1-11,23H,12H2/b18-11-. The van der Waals surface area contributed by atoms with Crippen molar-refractivity contribution >= 4 is 38.5 Å². The summed E-state index contributed by atoms with van der Waals surface area (Å²) in [5, 5.41) is 4.37. The van der Waals surface area contributed by atoms with Crippen LogP contribution in [-0.4, -0.2) is 14.2 Å². The Bertz CT molecular complexity index is 1220. The van der Waals surface area contributed by atoms with Crippen molar-refractivity contribution in [3.63, 3.8) is 0 Å². The highest BCUT2D eigenvalue weighted by Gasteiger charge is 2.41. The lowest BCUT2D eigenvalue weighted by atomic mass is 10.2. The number of ketones is 1. The van der Waals surface area contributed by atoms with E-state index < -0.39 is 32.3 Å². The van der Waals surface area contributed by atoms with E-state index in [0.29, 0.717) is 11.3 Å². The monoisotopic (exact) mass is 432 g/mol. The lowest BCUT2D eigenvalue weighted by Crippen LogP contribution is -2.38. The number of nitrogens with zero attached hydrogens (tertiary/aromatic N) is 1. The smallest absolute Gasteiger partial charge is 0.270 e. The number of hydrogen-bond donors (Lipinski definition) is 1. The molecule has 0 saturated heterocycles. The minimum atomic E-state index is -4.19. The van der Waals surface area contributed by atoms with Crippen molar-refractivity contribution in [1.82, 2.24) is 0 Å². The topological polar surface area (TPSA) is 66.5 Å². The van der Waals surface area contributed by atoms with E-state index in [1.54, 1.807) is 17.5 Å². The molecule has 0 aliphatic carbocycles. The molecule has 1 aliphatic heterocycles. The Balaban J connectivity index is 1.74. The van der Waals surface area contributed by atoms with E-state index in [0.717, 1.165) is 21.8 Å². The van der Waals surface area contributed by atoms with Crippen LogP contribution < -0.4 is 9.62 Å². The molecule has 9 heteroatoms. The zero-order chi connectivity index (χ0) is 20.6. The number of thiophene rings is 1. The number of hydrogen-bond acceptors (Lipinski definition) is 5. The molecule has 1 N–H and O–H groups in total. The van der Waals surface area contributed by atoms with Gasteiger partial charge in [0.15, 0.2) is 4.91 Å². The van der Waals surface area contributed by atoms with Crippen LogP contribution in [0, 0.1) is 11.6 Å². The molecule has 3 aromatic rings. The van der Waals surface area contributed by atoms with E-state index in [-0.39, 0.29) is 17.1 Å². The third-order valence-corrected chi connectivity index (χ3v) is 7.01. The first-order valence-corrected chi connectivity index (χ1v) is 10.8. The third kappa shape index (κ3) is 3.66. The molecule has 148 valence electrons. The van der Waals surface area contributed by atoms with Crippen molar-refractivity contribution in [1.29, 1.82) is 0 Å². The highest BCUT2D eigenvalue weighted by molar-refractivity contribution is 7.97. The summed E-state index contributed by atoms with van der Waals surface area (Å²) in [5.74, 6) is -1.54. The first-order chi connectivity index (χ1) is 13.9. The SMILES string of the molecule is O=C1/C(=C/Nc2ccc(F)cc2)S(=O)(=O)N(Cc2cccc(F)c2)c2ccsc21. The number of allylic oxidation sites excluding steroid dienone is 1. The van der Waals surface area contributed by atoms with Crippen molar-refractivity contribution in [3.05, 3.63) is 93.2 Å². The third-order valence-electron chi connectivity index (χ3n) is 4.34. The van der Waals surface area contributed by atoms with Gasteiger partial charge in [0.1, 0.15) is 16.5 Å². The van der Waals surface area contributed by atoms with Crippen LogP contribution in [0.3, 0.4) is 0 Å². The van der Waals surface area contributed by atoms with E-state index >= 15 is 0 Å². The number of sulfonamides is 1. The number of Topliss-reactive ketones (excluding diaryl/α,β-unsaturated/α-hetero) is 1. The molecule has 29 heavy (non-hydrogen) atoms. The van der Waals surface area contributed by atoms with E-state index in [9.17, 15) is 22.0 Å². The Labute approximate surface area is 170 Å². The predicted molar refractivity (Wildman–Crippen MR) is 108 cm³/mol. The number of rotatable bonds is 4. The summed E-state index contributed by atoms with van der Waals surface area (Å²) in [6, 6.07) is 12.5. The molecule has 0 atom stereocenters. The Morgan fingerprint density at radius 3 is 2.52 bits per heavy atom. The summed E-state index contributed by atoms with van der Waals surface area (Å²) >= 11 is 1.13. The second kappa shape index (κ2) is 7.41. The van der Waals surface area contributed by atoms with Crippen molar-refractivity contribution in [3.8, 4) is 0 Å². The fourth-order valence-corrected chi connectivity index (χ4v) is 5.44. The summed E-state index contributed by atoms with van der Waals surface area (Å²) < 4.78 is 54.1. The van der Waals surface area contributed by atoms with Gasteiger partial charge in [0.2, 0.25) is 5.78 Å². The number of carbonyl (C=O) groups is 1. The fraction of sp³-hybridized carbons (Fsp3) is 0.0500. The first-order valence-electron chi connectivity index (χ1n) is 8.48. The molecular weight excluding hydrogens is 418 g/mol. The van der Waals surface area contributed by atoms with Crippen LogP contribution in [0.4, 0.5) is 20.2 Å². The molecule has 1 aromatic heterocycles. The lowest BCUT2D eigenvalue weighted by Gasteiger charge is -2.29. The minimum absolute atomic E-state index is 0.120. The fourth-order valence-electron chi connectivity index (χ4n) is 2.95. The van der Waals surface area contributed by atoms with Crippen LogP contribution in [0.5, 0.6) is 0 Å². The van der Waals surface area contributed by atoms with Gasteiger partial charge in [-0.25, -0.2) is 17.2 Å². The maximum Gasteiger partial charge on any atom is 0.270 e. The van der Waals surface area contributed by atoms with E-state index in [2.05, 4.69) is 5.32 Å². The first kappa shape index (κ1) is 19.3. The van der Waals surface area contributed by atoms with Crippen LogP contribution in [0.15, 0.2) is 71.1 Å². The molecule has 0 unspecified atom stereocenters. The average Bonchev–Trinajstić information content (AvgIpc) is 3.16. The molecule has 0 radical (unpaired) electrons. The van der Waals surface area contributed by atoms with Gasteiger partial charge in [0.25, 0.3) is 10.0 Å². The Kier molecular flexibility index (Phi) is 4.93. The zero-order valence-corrected chi connectivity index (χ0v) is 16.4. The molecule has 0 spiro atoms. The van der Waals surface area contributed by atoms with Crippen LogP contribution in [0.1, 0.15) is 15.2 Å². The van der Waals surface area contributed by atoms with Gasteiger partial charge in [-0.2, -0.15) is 0 Å². The molecule has 1 aliphatic rings. The highest BCUT2D eigenvalue weighted by atomic mass is 32.2. The van der Waals surface area contributed by atoms with Crippen molar-refractivity contribution in [2.75, 3.05) is 9.62 Å². The summed E-state index contributed by atoms with van der Waals surface area (Å²) in [4.78, 5) is 12.6. The molecule has 4 rings (SSSR count). The summed E-state index contributed by atoms with van der Waals surface area (Å²) in [6.45, 7) is -0.120. The zero-order valence-electron chi connectivity index (χ0n) is 14.8. The Hall–Kier alpha value is -3.04. The van der Waals surface area contributed by atoms with Gasteiger partial charge in [-0.15, -0.1) is 11.3 Å². The number of benzene rings is 2. The van der Waals surface area contributed by atoms with Gasteiger partial charge < -0.3 is 5.32 Å². The van der Waals surface area contributed by atoms with E-state index in [4.69, 9.17) is 0 Å². The minimum Gasteiger partial charge on any atom is -0.360 e. The van der Waals surface area contributed by atoms with Crippen molar-refractivity contribution in [2.45, 2.75) is 6.54 Å². The van der Waals surface area contributed by atoms with E-state index in [1.807, 2.05) is 0 Å². The molecule has 2 heterocycles. The van der Waals surface area contributed by atoms with Crippen LogP contribution in [0.25, 0.3) is 0 Å². The number of halogens is 2.